The molecular formula is C22H27ClN2O3S2. The van der Waals surface area contributed by atoms with E-state index in [0.29, 0.717) is 19.6 Å². The molecule has 2 aromatic rings. The number of nitrogens with one attached hydrogen (secondary N) is 1. The number of nitrogens with zero attached hydrogens (tertiary/aromatic N) is 1. The molecule has 0 aromatic heterocycles. The molecule has 1 N–H and O–H groups in total. The molecule has 0 atom stereocenters. The van der Waals surface area contributed by atoms with Gasteiger partial charge in [-0.05, 0) is 43.5 Å². The number of aryl methyl sites for hydroxylation is 1. The van der Waals surface area contributed by atoms with Gasteiger partial charge < -0.3 is 5.32 Å². The van der Waals surface area contributed by atoms with E-state index in [4.69, 9.17) is 11.6 Å². The van der Waals surface area contributed by atoms with Crippen molar-refractivity contribution < 1.29 is 13.2 Å². The van der Waals surface area contributed by atoms with Crippen LogP contribution in [0.1, 0.15) is 40.7 Å². The minimum Gasteiger partial charge on any atom is -0.351 e. The van der Waals surface area contributed by atoms with Gasteiger partial charge in [0.1, 0.15) is 0 Å². The third kappa shape index (κ3) is 6.00. The standard InChI is InChI=1S/C22H27ClN2O3S2/c1-17-5-7-18(8-6-17)16-29-14-11-24-22(26)20-15-19(9-10-21(20)23)30(27,28)25-12-3-2-4-13-25/h5-10,15H,2-4,11-14,16H2,1H3,(H,24,26). The van der Waals surface area contributed by atoms with Gasteiger partial charge in [0.05, 0.1) is 15.5 Å². The zero-order valence-corrected chi connectivity index (χ0v) is 19.5. The minimum absolute atomic E-state index is 0.118. The van der Waals surface area contributed by atoms with E-state index >= 15 is 0 Å². The maximum absolute atomic E-state index is 12.9. The van der Waals surface area contributed by atoms with E-state index in [2.05, 4.69) is 36.5 Å². The molecule has 2 aromatic carbocycles. The van der Waals surface area contributed by atoms with Gasteiger partial charge in [-0.15, -0.1) is 0 Å². The molecule has 0 aliphatic carbocycles. The third-order valence-corrected chi connectivity index (χ3v) is 8.31. The molecule has 1 aliphatic heterocycles. The molecule has 162 valence electrons. The molecule has 0 unspecified atom stereocenters. The topological polar surface area (TPSA) is 66.5 Å². The highest BCUT2D eigenvalue weighted by atomic mass is 35.5. The molecule has 5 nitrogen and oxygen atoms in total. The van der Waals surface area contributed by atoms with Crippen molar-refractivity contribution in [2.45, 2.75) is 36.8 Å². The Bertz CT molecular complexity index is 972. The molecule has 30 heavy (non-hydrogen) atoms. The second-order valence-corrected chi connectivity index (χ2v) is 10.9. The van der Waals surface area contributed by atoms with Crippen molar-refractivity contribution >= 4 is 39.3 Å². The first-order valence-electron chi connectivity index (χ1n) is 10.1. The van der Waals surface area contributed by atoms with Crippen LogP contribution in [0.4, 0.5) is 0 Å². The third-order valence-electron chi connectivity index (χ3n) is 5.06. The highest BCUT2D eigenvalue weighted by Crippen LogP contribution is 2.25. The number of hydrogen-bond donors (Lipinski definition) is 1. The zero-order valence-electron chi connectivity index (χ0n) is 17.1. The predicted molar refractivity (Wildman–Crippen MR) is 124 cm³/mol. The molecule has 1 aliphatic rings. The molecular weight excluding hydrogens is 440 g/mol. The molecule has 1 saturated heterocycles. The molecule has 0 radical (unpaired) electrons. The van der Waals surface area contributed by atoms with E-state index in [9.17, 15) is 13.2 Å². The molecule has 8 heteroatoms. The summed E-state index contributed by atoms with van der Waals surface area (Å²) in [4.78, 5) is 12.7. The van der Waals surface area contributed by atoms with E-state index in [0.717, 1.165) is 30.8 Å². The lowest BCUT2D eigenvalue weighted by Crippen LogP contribution is -2.35. The molecule has 0 saturated carbocycles. The number of rotatable bonds is 8. The normalized spacial score (nSPS) is 15.1. The maximum atomic E-state index is 12.9. The van der Waals surface area contributed by atoms with Crippen molar-refractivity contribution in [3.63, 3.8) is 0 Å². The van der Waals surface area contributed by atoms with Gasteiger partial charge in [0, 0.05) is 31.1 Å². The summed E-state index contributed by atoms with van der Waals surface area (Å²) >= 11 is 7.91. The van der Waals surface area contributed by atoms with Gasteiger partial charge in [-0.1, -0.05) is 47.9 Å². The number of carbonyl (C=O) groups is 1. The average Bonchev–Trinajstić information content (AvgIpc) is 2.75. The Hall–Kier alpha value is -1.54. The Labute approximate surface area is 188 Å². The SMILES string of the molecule is Cc1ccc(CSCCNC(=O)c2cc(S(=O)(=O)N3CCCCC3)ccc2Cl)cc1. The Morgan fingerprint density at radius 2 is 1.80 bits per heavy atom. The summed E-state index contributed by atoms with van der Waals surface area (Å²) in [6.07, 6.45) is 2.77. The van der Waals surface area contributed by atoms with Crippen LogP contribution in [0.15, 0.2) is 47.4 Å². The van der Waals surface area contributed by atoms with Crippen LogP contribution in [0.5, 0.6) is 0 Å². The smallest absolute Gasteiger partial charge is 0.252 e. The summed E-state index contributed by atoms with van der Waals surface area (Å²) < 4.78 is 27.2. The lowest BCUT2D eigenvalue weighted by atomic mass is 10.2. The van der Waals surface area contributed by atoms with Gasteiger partial charge in [0.25, 0.3) is 5.91 Å². The van der Waals surface area contributed by atoms with Gasteiger partial charge in [0.2, 0.25) is 10.0 Å². The van der Waals surface area contributed by atoms with Gasteiger partial charge >= 0.3 is 0 Å². The molecule has 1 fully saturated rings. The number of carbonyl (C=O) groups excluding carboxylic acids is 1. The van der Waals surface area contributed by atoms with Crippen LogP contribution in [0.2, 0.25) is 5.02 Å². The van der Waals surface area contributed by atoms with E-state index < -0.39 is 10.0 Å². The second-order valence-electron chi connectivity index (χ2n) is 7.40. The fourth-order valence-electron chi connectivity index (χ4n) is 3.30. The van der Waals surface area contributed by atoms with Crippen LogP contribution in [-0.4, -0.2) is 44.0 Å². The molecule has 0 spiro atoms. The van der Waals surface area contributed by atoms with Crippen molar-refractivity contribution in [1.29, 1.82) is 0 Å². The van der Waals surface area contributed by atoms with E-state index in [1.54, 1.807) is 11.8 Å². The van der Waals surface area contributed by atoms with Gasteiger partial charge in [-0.2, -0.15) is 16.1 Å². The average molecular weight is 467 g/mol. The maximum Gasteiger partial charge on any atom is 0.252 e. The predicted octanol–water partition coefficient (Wildman–Crippen LogP) is 4.49. The van der Waals surface area contributed by atoms with Crippen LogP contribution >= 0.6 is 23.4 Å². The molecule has 0 bridgehead atoms. The summed E-state index contributed by atoms with van der Waals surface area (Å²) in [5, 5.41) is 3.09. The van der Waals surface area contributed by atoms with Crippen LogP contribution < -0.4 is 5.32 Å². The van der Waals surface area contributed by atoms with Crippen LogP contribution in [-0.2, 0) is 15.8 Å². The highest BCUT2D eigenvalue weighted by molar-refractivity contribution is 7.98. The number of amides is 1. The number of piperidine rings is 1. The first-order chi connectivity index (χ1) is 14.4. The first-order valence-corrected chi connectivity index (χ1v) is 13.1. The number of thioether (sulfide) groups is 1. The largest absolute Gasteiger partial charge is 0.351 e. The van der Waals surface area contributed by atoms with Crippen LogP contribution in [0.3, 0.4) is 0 Å². The summed E-state index contributed by atoms with van der Waals surface area (Å²) in [7, 11) is -3.61. The van der Waals surface area contributed by atoms with Crippen molar-refractivity contribution in [2.24, 2.45) is 0 Å². The molecule has 1 heterocycles. The first kappa shape index (κ1) is 23.1. The molecule has 1 amide bonds. The Balaban J connectivity index is 1.56. The number of hydrogen-bond acceptors (Lipinski definition) is 4. The minimum atomic E-state index is -3.61. The number of sulfonamides is 1. The van der Waals surface area contributed by atoms with Crippen LogP contribution in [0, 0.1) is 6.92 Å². The zero-order chi connectivity index (χ0) is 21.6. The van der Waals surface area contributed by atoms with E-state index in [1.807, 2.05) is 0 Å². The lowest BCUT2D eigenvalue weighted by Gasteiger charge is -2.26. The Morgan fingerprint density at radius 3 is 2.50 bits per heavy atom. The number of benzene rings is 2. The quantitative estimate of drug-likeness (QED) is 0.582. The van der Waals surface area contributed by atoms with Gasteiger partial charge in [0.15, 0.2) is 0 Å². The summed E-state index contributed by atoms with van der Waals surface area (Å²) in [5.74, 6) is 1.27. The summed E-state index contributed by atoms with van der Waals surface area (Å²) in [5.41, 5.74) is 2.67. The van der Waals surface area contributed by atoms with Gasteiger partial charge in [-0.3, -0.25) is 4.79 Å². The summed E-state index contributed by atoms with van der Waals surface area (Å²) in [6.45, 7) is 3.58. The van der Waals surface area contributed by atoms with E-state index in [1.165, 1.54) is 33.6 Å². The Morgan fingerprint density at radius 1 is 1.10 bits per heavy atom. The van der Waals surface area contributed by atoms with Crippen molar-refractivity contribution in [2.75, 3.05) is 25.4 Å². The Kier molecular flexibility index (Phi) is 8.22. The second kappa shape index (κ2) is 10.7. The van der Waals surface area contributed by atoms with Crippen molar-refractivity contribution in [3.8, 4) is 0 Å². The van der Waals surface area contributed by atoms with Gasteiger partial charge in [-0.25, -0.2) is 8.42 Å². The molecule has 3 rings (SSSR count). The fraction of sp³-hybridized carbons (Fsp3) is 0.409. The monoisotopic (exact) mass is 466 g/mol. The summed E-state index contributed by atoms with van der Waals surface area (Å²) in [6, 6.07) is 12.7. The number of halogens is 1. The lowest BCUT2D eigenvalue weighted by molar-refractivity contribution is 0.0956. The fourth-order valence-corrected chi connectivity index (χ4v) is 5.87. The van der Waals surface area contributed by atoms with Crippen molar-refractivity contribution in [1.82, 2.24) is 9.62 Å². The van der Waals surface area contributed by atoms with Crippen molar-refractivity contribution in [3.05, 3.63) is 64.2 Å². The van der Waals surface area contributed by atoms with E-state index in [-0.39, 0.29) is 21.4 Å². The van der Waals surface area contributed by atoms with Crippen LogP contribution in [0.25, 0.3) is 0 Å². The highest BCUT2D eigenvalue weighted by Gasteiger charge is 2.27.